The molecule has 0 aromatic heterocycles. The Hall–Kier alpha value is -1.77. The van der Waals surface area contributed by atoms with Crippen LogP contribution in [0.4, 0.5) is 10.1 Å². The van der Waals surface area contributed by atoms with E-state index in [4.69, 9.17) is 5.14 Å². The zero-order valence-electron chi connectivity index (χ0n) is 11.2. The van der Waals surface area contributed by atoms with Gasteiger partial charge in [0.15, 0.2) is 0 Å². The van der Waals surface area contributed by atoms with Crippen LogP contribution < -0.4 is 10.5 Å². The molecule has 0 fully saturated rings. The van der Waals surface area contributed by atoms with Crippen molar-refractivity contribution in [3.63, 3.8) is 0 Å². The average Bonchev–Trinajstić information content (AvgIpc) is 2.39. The van der Waals surface area contributed by atoms with Crippen LogP contribution in [0.1, 0.15) is 15.9 Å². The van der Waals surface area contributed by atoms with E-state index in [-0.39, 0.29) is 11.3 Å². The van der Waals surface area contributed by atoms with Crippen molar-refractivity contribution in [3.05, 3.63) is 63.9 Å². The number of carbonyl (C=O) groups is 1. The van der Waals surface area contributed by atoms with Gasteiger partial charge in [0.1, 0.15) is 5.82 Å². The predicted molar refractivity (Wildman–Crippen MR) is 85.3 cm³/mol. The summed E-state index contributed by atoms with van der Waals surface area (Å²) < 4.78 is 35.3. The second kappa shape index (κ2) is 6.55. The van der Waals surface area contributed by atoms with Gasteiger partial charge in [-0.15, -0.1) is 0 Å². The van der Waals surface area contributed by atoms with E-state index >= 15 is 0 Å². The smallest absolute Gasteiger partial charge is 0.256 e. The number of nitrogens with two attached hydrogens (primary N) is 1. The van der Waals surface area contributed by atoms with Crippen LogP contribution in [-0.2, 0) is 15.8 Å². The molecule has 0 aliphatic carbocycles. The first-order valence-electron chi connectivity index (χ1n) is 6.10. The summed E-state index contributed by atoms with van der Waals surface area (Å²) in [6.07, 6.45) is 0. The van der Waals surface area contributed by atoms with Crippen LogP contribution in [0.15, 0.2) is 46.9 Å². The van der Waals surface area contributed by atoms with E-state index in [0.717, 1.165) is 0 Å². The lowest BCUT2D eigenvalue weighted by Gasteiger charge is -2.08. The number of hydrogen-bond acceptors (Lipinski definition) is 3. The minimum Gasteiger partial charge on any atom is -0.322 e. The van der Waals surface area contributed by atoms with Crippen LogP contribution >= 0.6 is 15.9 Å². The van der Waals surface area contributed by atoms with E-state index in [1.807, 2.05) is 0 Å². The fourth-order valence-electron chi connectivity index (χ4n) is 1.79. The van der Waals surface area contributed by atoms with Crippen LogP contribution in [0.3, 0.4) is 0 Å². The molecule has 0 aliphatic rings. The standard InChI is InChI=1S/C14H12BrFN2O3S/c15-13-7-10(16)3-6-12(13)14(19)18-11-4-1-9(2-5-11)8-22(17,20)21/h1-7H,8H2,(H,18,19)(H2,17,20,21). The summed E-state index contributed by atoms with van der Waals surface area (Å²) in [5.74, 6) is -1.13. The maximum absolute atomic E-state index is 13.0. The highest BCUT2D eigenvalue weighted by atomic mass is 79.9. The average molecular weight is 387 g/mol. The molecule has 0 saturated carbocycles. The Bertz CT molecular complexity index is 807. The molecule has 0 radical (unpaired) electrons. The maximum atomic E-state index is 13.0. The highest BCUT2D eigenvalue weighted by Crippen LogP contribution is 2.20. The van der Waals surface area contributed by atoms with Gasteiger partial charge in [-0.1, -0.05) is 12.1 Å². The molecular formula is C14H12BrFN2O3S. The van der Waals surface area contributed by atoms with Gasteiger partial charge in [0.2, 0.25) is 10.0 Å². The maximum Gasteiger partial charge on any atom is 0.256 e. The minimum atomic E-state index is -3.59. The number of primary sulfonamides is 1. The Morgan fingerprint density at radius 3 is 2.36 bits per heavy atom. The summed E-state index contributed by atoms with van der Waals surface area (Å²) in [5.41, 5.74) is 1.29. The molecule has 0 aliphatic heterocycles. The third-order valence-electron chi connectivity index (χ3n) is 2.76. The number of carbonyl (C=O) groups excluding carboxylic acids is 1. The van der Waals surface area contributed by atoms with E-state index in [2.05, 4.69) is 21.2 Å². The van der Waals surface area contributed by atoms with Crippen LogP contribution in [-0.4, -0.2) is 14.3 Å². The van der Waals surface area contributed by atoms with Crippen molar-refractivity contribution >= 4 is 37.5 Å². The summed E-state index contributed by atoms with van der Waals surface area (Å²) in [6, 6.07) is 9.99. The molecule has 0 spiro atoms. The van der Waals surface area contributed by atoms with Gasteiger partial charge in [0.25, 0.3) is 5.91 Å². The SMILES string of the molecule is NS(=O)(=O)Cc1ccc(NC(=O)c2ccc(F)cc2Br)cc1. The molecule has 0 heterocycles. The van der Waals surface area contributed by atoms with Crippen molar-refractivity contribution in [2.45, 2.75) is 5.75 Å². The second-order valence-corrected chi connectivity index (χ2v) is 7.05. The Morgan fingerprint density at radius 1 is 1.18 bits per heavy atom. The lowest BCUT2D eigenvalue weighted by molar-refractivity contribution is 0.102. The van der Waals surface area contributed by atoms with E-state index in [1.165, 1.54) is 18.2 Å². The van der Waals surface area contributed by atoms with Gasteiger partial charge in [0, 0.05) is 10.2 Å². The number of sulfonamides is 1. The molecule has 116 valence electrons. The monoisotopic (exact) mass is 386 g/mol. The first kappa shape index (κ1) is 16.6. The zero-order valence-corrected chi connectivity index (χ0v) is 13.6. The Labute approximate surface area is 135 Å². The molecule has 0 saturated heterocycles. The molecule has 2 rings (SSSR count). The quantitative estimate of drug-likeness (QED) is 0.845. The third kappa shape index (κ3) is 4.62. The van der Waals surface area contributed by atoms with Gasteiger partial charge in [-0.25, -0.2) is 17.9 Å². The number of nitrogens with one attached hydrogen (secondary N) is 1. The topological polar surface area (TPSA) is 89.3 Å². The first-order chi connectivity index (χ1) is 10.2. The molecule has 2 aromatic carbocycles. The molecule has 22 heavy (non-hydrogen) atoms. The van der Waals surface area contributed by atoms with Crippen LogP contribution in [0.25, 0.3) is 0 Å². The van der Waals surface area contributed by atoms with Gasteiger partial charge in [0.05, 0.1) is 11.3 Å². The van der Waals surface area contributed by atoms with Gasteiger partial charge < -0.3 is 5.32 Å². The molecule has 0 atom stereocenters. The summed E-state index contributed by atoms with van der Waals surface area (Å²) in [6.45, 7) is 0. The summed E-state index contributed by atoms with van der Waals surface area (Å²) in [7, 11) is -3.59. The zero-order chi connectivity index (χ0) is 16.3. The Kier molecular flexibility index (Phi) is 4.94. The van der Waals surface area contributed by atoms with Gasteiger partial charge in [-0.3, -0.25) is 4.79 Å². The first-order valence-corrected chi connectivity index (χ1v) is 8.61. The van der Waals surface area contributed by atoms with Crippen molar-refractivity contribution in [3.8, 4) is 0 Å². The Morgan fingerprint density at radius 2 is 1.82 bits per heavy atom. The molecular weight excluding hydrogens is 375 g/mol. The molecule has 8 heteroatoms. The largest absolute Gasteiger partial charge is 0.322 e. The number of anilines is 1. The van der Waals surface area contributed by atoms with Gasteiger partial charge in [-0.05, 0) is 51.8 Å². The lowest BCUT2D eigenvalue weighted by atomic mass is 10.2. The van der Waals surface area contributed by atoms with Crippen molar-refractivity contribution in [2.75, 3.05) is 5.32 Å². The van der Waals surface area contributed by atoms with Crippen LogP contribution in [0.5, 0.6) is 0 Å². The molecule has 0 unspecified atom stereocenters. The number of benzene rings is 2. The normalized spacial score (nSPS) is 11.2. The lowest BCUT2D eigenvalue weighted by Crippen LogP contribution is -2.15. The molecule has 1 amide bonds. The number of amides is 1. The minimum absolute atomic E-state index is 0.273. The molecule has 3 N–H and O–H groups in total. The van der Waals surface area contributed by atoms with Crippen molar-refractivity contribution in [1.82, 2.24) is 0 Å². The fourth-order valence-corrected chi connectivity index (χ4v) is 2.98. The Balaban J connectivity index is 2.12. The van der Waals surface area contributed by atoms with E-state index in [9.17, 15) is 17.6 Å². The van der Waals surface area contributed by atoms with Gasteiger partial charge in [-0.2, -0.15) is 0 Å². The fraction of sp³-hybridized carbons (Fsp3) is 0.0714. The molecule has 2 aromatic rings. The highest BCUT2D eigenvalue weighted by molar-refractivity contribution is 9.10. The molecule has 5 nitrogen and oxygen atoms in total. The van der Waals surface area contributed by atoms with Crippen molar-refractivity contribution < 1.29 is 17.6 Å². The van der Waals surface area contributed by atoms with Crippen LogP contribution in [0.2, 0.25) is 0 Å². The predicted octanol–water partition coefficient (Wildman–Crippen LogP) is 2.63. The summed E-state index contributed by atoms with van der Waals surface area (Å²) >= 11 is 3.12. The summed E-state index contributed by atoms with van der Waals surface area (Å²) in [4.78, 5) is 12.1. The highest BCUT2D eigenvalue weighted by Gasteiger charge is 2.11. The number of hydrogen-bond donors (Lipinski definition) is 2. The second-order valence-electron chi connectivity index (χ2n) is 4.58. The number of halogens is 2. The molecule has 0 bridgehead atoms. The van der Waals surface area contributed by atoms with Gasteiger partial charge >= 0.3 is 0 Å². The van der Waals surface area contributed by atoms with Crippen LogP contribution in [0, 0.1) is 5.82 Å². The number of rotatable bonds is 4. The van der Waals surface area contributed by atoms with E-state index < -0.39 is 21.7 Å². The summed E-state index contributed by atoms with van der Waals surface area (Å²) in [5, 5.41) is 7.59. The van der Waals surface area contributed by atoms with E-state index in [1.54, 1.807) is 24.3 Å². The van der Waals surface area contributed by atoms with Crippen molar-refractivity contribution in [1.29, 1.82) is 0 Å². The van der Waals surface area contributed by atoms with E-state index in [0.29, 0.717) is 15.7 Å². The van der Waals surface area contributed by atoms with Crippen molar-refractivity contribution in [2.24, 2.45) is 5.14 Å². The third-order valence-corrected chi connectivity index (χ3v) is 4.15.